The minimum atomic E-state index is -2.90. The average Bonchev–Trinajstić information content (AvgIpc) is 3.19. The first-order valence-electron chi connectivity index (χ1n) is 14.2. The Balaban J connectivity index is 0.000000650. The van der Waals surface area contributed by atoms with E-state index >= 15 is 0 Å². The summed E-state index contributed by atoms with van der Waals surface area (Å²) in [5.41, 5.74) is 6.87. The Morgan fingerprint density at radius 3 is 2.11 bits per heavy atom. The van der Waals surface area contributed by atoms with Crippen molar-refractivity contribution < 1.29 is 8.78 Å². The van der Waals surface area contributed by atoms with Crippen molar-refractivity contribution in [2.24, 2.45) is 4.99 Å². The lowest BCUT2D eigenvalue weighted by atomic mass is 9.89. The highest BCUT2D eigenvalue weighted by Crippen LogP contribution is 2.43. The second-order valence-electron chi connectivity index (χ2n) is 10.0. The molecule has 3 aromatic rings. The van der Waals surface area contributed by atoms with Gasteiger partial charge in [0, 0.05) is 24.0 Å². The fourth-order valence-electron chi connectivity index (χ4n) is 4.26. The molecule has 1 atom stereocenters. The van der Waals surface area contributed by atoms with Crippen LogP contribution in [0.2, 0.25) is 0 Å². The Labute approximate surface area is 229 Å². The molecule has 0 N–H and O–H groups in total. The van der Waals surface area contributed by atoms with Crippen LogP contribution in [0.25, 0.3) is 0 Å². The van der Waals surface area contributed by atoms with Gasteiger partial charge in [0.25, 0.3) is 5.92 Å². The van der Waals surface area contributed by atoms with Crippen molar-refractivity contribution in [1.82, 2.24) is 0 Å². The van der Waals surface area contributed by atoms with E-state index in [1.807, 2.05) is 18.2 Å². The van der Waals surface area contributed by atoms with Crippen LogP contribution >= 0.6 is 0 Å². The molecule has 3 heteroatoms. The number of hydrogen-bond acceptors (Lipinski definition) is 1. The highest BCUT2D eigenvalue weighted by molar-refractivity contribution is 6.19. The zero-order valence-electron chi connectivity index (χ0n) is 24.2. The largest absolute Gasteiger partial charge is 0.270 e. The van der Waals surface area contributed by atoms with E-state index in [1.54, 1.807) is 12.1 Å². The first kappa shape index (κ1) is 31.1. The van der Waals surface area contributed by atoms with Gasteiger partial charge >= 0.3 is 0 Å². The van der Waals surface area contributed by atoms with Crippen molar-refractivity contribution >= 4 is 11.4 Å². The molecule has 38 heavy (non-hydrogen) atoms. The van der Waals surface area contributed by atoms with Gasteiger partial charge in [-0.25, -0.2) is 13.8 Å². The monoisotopic (exact) mass is 517 g/mol. The summed E-state index contributed by atoms with van der Waals surface area (Å²) < 4.78 is 27.6. The number of unbranched alkanes of at least 4 members (excludes halogenated alkanes) is 2. The summed E-state index contributed by atoms with van der Waals surface area (Å²) in [7, 11) is 0. The van der Waals surface area contributed by atoms with Crippen LogP contribution in [0.15, 0.2) is 89.9 Å². The Kier molecular flexibility index (Phi) is 12.6. The molecule has 1 nitrogen and oxygen atoms in total. The highest BCUT2D eigenvalue weighted by Gasteiger charge is 2.32. The Bertz CT molecular complexity index is 1180. The van der Waals surface area contributed by atoms with E-state index in [0.29, 0.717) is 5.69 Å². The number of rotatable bonds is 7. The molecule has 3 aromatic carbocycles. The second-order valence-corrected chi connectivity index (χ2v) is 10.0. The third-order valence-corrected chi connectivity index (χ3v) is 6.38. The Morgan fingerprint density at radius 1 is 0.816 bits per heavy atom. The number of halogens is 2. The van der Waals surface area contributed by atoms with Crippen molar-refractivity contribution in [1.29, 1.82) is 0 Å². The minimum Gasteiger partial charge on any atom is -0.248 e. The van der Waals surface area contributed by atoms with Gasteiger partial charge < -0.3 is 0 Å². The molecule has 0 aromatic heterocycles. The molecule has 4 rings (SSSR count). The van der Waals surface area contributed by atoms with Gasteiger partial charge in [-0.1, -0.05) is 128 Å². The molecular formula is C35H45F2N. The van der Waals surface area contributed by atoms with Gasteiger partial charge in [0.2, 0.25) is 0 Å². The smallest absolute Gasteiger partial charge is 0.248 e. The lowest BCUT2D eigenvalue weighted by Gasteiger charge is -2.15. The lowest BCUT2D eigenvalue weighted by molar-refractivity contribution is 0.0175. The topological polar surface area (TPSA) is 12.4 Å². The van der Waals surface area contributed by atoms with Crippen LogP contribution in [-0.4, -0.2) is 5.71 Å². The van der Waals surface area contributed by atoms with Crippen LogP contribution in [0, 0.1) is 0 Å². The number of hydrogen-bond donors (Lipinski definition) is 0. The minimum absolute atomic E-state index is 0.0207. The number of alkyl halides is 2. The molecular weight excluding hydrogens is 472 g/mol. The van der Waals surface area contributed by atoms with Gasteiger partial charge in [-0.15, -0.1) is 0 Å². The van der Waals surface area contributed by atoms with Crippen molar-refractivity contribution in [3.8, 4) is 0 Å². The average molecular weight is 518 g/mol. The summed E-state index contributed by atoms with van der Waals surface area (Å²) in [5, 5.41) is 0. The number of fused-ring (bicyclic) bond motifs is 1. The Morgan fingerprint density at radius 2 is 1.47 bits per heavy atom. The molecule has 0 bridgehead atoms. The maximum Gasteiger partial charge on any atom is 0.270 e. The molecule has 0 radical (unpaired) electrons. The summed E-state index contributed by atoms with van der Waals surface area (Å²) in [6, 6.07) is 23.1. The molecule has 1 aliphatic rings. The van der Waals surface area contributed by atoms with Gasteiger partial charge in [-0.3, -0.25) is 0 Å². The molecule has 1 aliphatic carbocycles. The normalized spacial score (nSPS) is 15.3. The Hall–Kier alpha value is -3.07. The number of aliphatic imine (C=N–C) groups is 1. The SMILES string of the molecule is C=C1C(=Nc2cccc(C(C)(F)F)c2)c2ccccc2C1c1cccc(CCCC)c1.CCC.CCCC. The van der Waals surface area contributed by atoms with E-state index in [-0.39, 0.29) is 11.5 Å². The third-order valence-electron chi connectivity index (χ3n) is 6.38. The van der Waals surface area contributed by atoms with Crippen molar-refractivity contribution in [2.45, 2.75) is 91.9 Å². The third kappa shape index (κ3) is 8.48. The van der Waals surface area contributed by atoms with E-state index in [1.165, 1.54) is 42.5 Å². The molecule has 0 fully saturated rings. The zero-order chi connectivity index (χ0) is 28.1. The number of allylic oxidation sites excluding steroid dienone is 1. The number of benzene rings is 3. The van der Waals surface area contributed by atoms with Crippen molar-refractivity contribution in [3.63, 3.8) is 0 Å². The van der Waals surface area contributed by atoms with Crippen LogP contribution in [0.5, 0.6) is 0 Å². The standard InChI is InChI=1S/C28H27F2N.C4H10.C3H8/c1-4-5-10-20-11-8-12-21(17-20)26-19(2)27(25-16-7-6-15-24(25)26)31-23-14-9-13-22(18-23)28(3,29)30;1-3-4-2;1-3-2/h6-9,11-18,26H,2,4-5,10H2,1,3H3;3-4H2,1-2H3;3H2,1-2H3. The highest BCUT2D eigenvalue weighted by atomic mass is 19.3. The predicted octanol–water partition coefficient (Wildman–Crippen LogP) is 11.2. The molecule has 204 valence electrons. The lowest BCUT2D eigenvalue weighted by Crippen LogP contribution is -2.06. The van der Waals surface area contributed by atoms with E-state index in [9.17, 15) is 8.78 Å². The second kappa shape index (κ2) is 15.4. The van der Waals surface area contributed by atoms with Crippen LogP contribution in [0.1, 0.15) is 107 Å². The maximum atomic E-state index is 13.8. The fraction of sp³-hybridized carbons (Fsp3) is 0.400. The van der Waals surface area contributed by atoms with Crippen molar-refractivity contribution in [2.75, 3.05) is 0 Å². The summed E-state index contributed by atoms with van der Waals surface area (Å²) in [6.07, 6.45) is 7.27. The summed E-state index contributed by atoms with van der Waals surface area (Å²) in [4.78, 5) is 4.79. The number of nitrogens with zero attached hydrogens (tertiary/aromatic N) is 1. The van der Waals surface area contributed by atoms with E-state index in [0.717, 1.165) is 48.6 Å². The van der Waals surface area contributed by atoms with E-state index in [2.05, 4.69) is 71.5 Å². The van der Waals surface area contributed by atoms with Gasteiger partial charge in [-0.05, 0) is 47.2 Å². The zero-order valence-corrected chi connectivity index (χ0v) is 24.2. The molecule has 0 saturated heterocycles. The van der Waals surface area contributed by atoms with Crippen LogP contribution in [-0.2, 0) is 12.3 Å². The van der Waals surface area contributed by atoms with Crippen molar-refractivity contribution in [3.05, 3.63) is 113 Å². The fourth-order valence-corrected chi connectivity index (χ4v) is 4.26. The van der Waals surface area contributed by atoms with Gasteiger partial charge in [0.15, 0.2) is 0 Å². The van der Waals surface area contributed by atoms with E-state index < -0.39 is 5.92 Å². The van der Waals surface area contributed by atoms with Gasteiger partial charge in [0.1, 0.15) is 0 Å². The molecule has 0 aliphatic heterocycles. The maximum absolute atomic E-state index is 13.8. The van der Waals surface area contributed by atoms with Crippen LogP contribution < -0.4 is 0 Å². The van der Waals surface area contributed by atoms with E-state index in [4.69, 9.17) is 4.99 Å². The summed E-state index contributed by atoms with van der Waals surface area (Å²) in [6.45, 7) is 16.1. The van der Waals surface area contributed by atoms with Crippen LogP contribution in [0.3, 0.4) is 0 Å². The van der Waals surface area contributed by atoms with Gasteiger partial charge in [0.05, 0.1) is 11.4 Å². The quantitative estimate of drug-likeness (QED) is 0.295. The van der Waals surface area contributed by atoms with Crippen LogP contribution in [0.4, 0.5) is 14.5 Å². The predicted molar refractivity (Wildman–Crippen MR) is 161 cm³/mol. The molecule has 0 saturated carbocycles. The molecule has 0 amide bonds. The summed E-state index contributed by atoms with van der Waals surface area (Å²) in [5.74, 6) is -2.88. The first-order valence-corrected chi connectivity index (χ1v) is 14.2. The molecule has 0 heterocycles. The van der Waals surface area contributed by atoms with Gasteiger partial charge in [-0.2, -0.15) is 0 Å². The number of aryl methyl sites for hydroxylation is 1. The summed E-state index contributed by atoms with van der Waals surface area (Å²) >= 11 is 0. The first-order chi connectivity index (χ1) is 18.2. The molecule has 1 unspecified atom stereocenters. The molecule has 0 spiro atoms.